The number of aromatic nitrogens is 2. The Morgan fingerprint density at radius 1 is 1.36 bits per heavy atom. The lowest BCUT2D eigenvalue weighted by atomic mass is 10.1. The Kier molecular flexibility index (Phi) is 5.22. The van der Waals surface area contributed by atoms with E-state index < -0.39 is 0 Å². The van der Waals surface area contributed by atoms with Gasteiger partial charge in [0.1, 0.15) is 11.8 Å². The molecule has 0 saturated carbocycles. The number of amides is 1. The summed E-state index contributed by atoms with van der Waals surface area (Å²) in [6.07, 6.45) is 4.04. The summed E-state index contributed by atoms with van der Waals surface area (Å²) in [6, 6.07) is 9.19. The molecule has 1 unspecified atom stereocenters. The van der Waals surface area contributed by atoms with Gasteiger partial charge in [0, 0.05) is 24.1 Å². The predicted molar refractivity (Wildman–Crippen MR) is 104 cm³/mol. The Hall–Kier alpha value is -2.60. The third-order valence-electron chi connectivity index (χ3n) is 4.97. The smallest absolute Gasteiger partial charge is 0.293 e. The van der Waals surface area contributed by atoms with Crippen LogP contribution in [-0.4, -0.2) is 27.5 Å². The summed E-state index contributed by atoms with van der Waals surface area (Å²) in [5.41, 5.74) is 1.83. The van der Waals surface area contributed by atoms with E-state index in [1.54, 1.807) is 17.2 Å². The molecule has 1 amide bonds. The van der Waals surface area contributed by atoms with E-state index in [4.69, 9.17) is 20.5 Å². The highest BCUT2D eigenvalue weighted by molar-refractivity contribution is 6.30. The van der Waals surface area contributed by atoms with Gasteiger partial charge >= 0.3 is 0 Å². The molecule has 0 aliphatic carbocycles. The molecule has 1 aliphatic heterocycles. The van der Waals surface area contributed by atoms with Crippen molar-refractivity contribution in [2.75, 3.05) is 6.54 Å². The zero-order valence-electron chi connectivity index (χ0n) is 15.9. The normalized spacial score (nSPS) is 16.9. The number of rotatable bonds is 5. The molecule has 7 heteroatoms. The van der Waals surface area contributed by atoms with Gasteiger partial charge in [0.2, 0.25) is 11.7 Å². The van der Waals surface area contributed by atoms with E-state index in [0.717, 1.165) is 29.9 Å². The van der Waals surface area contributed by atoms with Gasteiger partial charge < -0.3 is 13.8 Å². The maximum atomic E-state index is 12.9. The Morgan fingerprint density at radius 2 is 2.21 bits per heavy atom. The monoisotopic (exact) mass is 399 g/mol. The molecule has 1 saturated heterocycles. The molecule has 1 atom stereocenters. The average Bonchev–Trinajstić information content (AvgIpc) is 3.41. The Labute approximate surface area is 168 Å². The predicted octanol–water partition coefficient (Wildman–Crippen LogP) is 5.01. The largest absolute Gasteiger partial charge is 0.443 e. The summed E-state index contributed by atoms with van der Waals surface area (Å²) < 4.78 is 11.3. The first-order valence-electron chi connectivity index (χ1n) is 9.48. The average molecular weight is 400 g/mol. The second-order valence-corrected chi connectivity index (χ2v) is 7.84. The maximum Gasteiger partial charge on any atom is 0.293 e. The van der Waals surface area contributed by atoms with Crippen LogP contribution in [0, 0.1) is 0 Å². The lowest BCUT2D eigenvalue weighted by Crippen LogP contribution is -2.30. The minimum atomic E-state index is -0.187. The van der Waals surface area contributed by atoms with E-state index in [0.29, 0.717) is 23.9 Å². The number of benzene rings is 1. The highest BCUT2D eigenvalue weighted by Gasteiger charge is 2.35. The van der Waals surface area contributed by atoms with Crippen LogP contribution < -0.4 is 0 Å². The Bertz CT molecular complexity index is 979. The van der Waals surface area contributed by atoms with Gasteiger partial charge in [-0.2, -0.15) is 0 Å². The van der Waals surface area contributed by atoms with E-state index >= 15 is 0 Å². The van der Waals surface area contributed by atoms with Crippen LogP contribution in [0.5, 0.6) is 0 Å². The molecular formula is C21H22ClN3O3. The lowest BCUT2D eigenvalue weighted by molar-refractivity contribution is 0.0672. The highest BCUT2D eigenvalue weighted by Crippen LogP contribution is 2.33. The lowest BCUT2D eigenvalue weighted by Gasteiger charge is -2.20. The minimum Gasteiger partial charge on any atom is -0.443 e. The first kappa shape index (κ1) is 18.7. The van der Waals surface area contributed by atoms with Gasteiger partial charge in [0.15, 0.2) is 0 Å². The van der Waals surface area contributed by atoms with Crippen LogP contribution in [0.1, 0.15) is 72.1 Å². The van der Waals surface area contributed by atoms with Crippen LogP contribution in [0.2, 0.25) is 5.02 Å². The van der Waals surface area contributed by atoms with Gasteiger partial charge in [-0.3, -0.25) is 4.79 Å². The van der Waals surface area contributed by atoms with E-state index in [9.17, 15) is 4.79 Å². The van der Waals surface area contributed by atoms with Crippen LogP contribution in [0.25, 0.3) is 0 Å². The summed E-state index contributed by atoms with van der Waals surface area (Å²) in [5.74, 6) is 1.61. The summed E-state index contributed by atoms with van der Waals surface area (Å²) in [4.78, 5) is 19.1. The van der Waals surface area contributed by atoms with Gasteiger partial charge in [0.05, 0.1) is 11.9 Å². The van der Waals surface area contributed by atoms with Crippen molar-refractivity contribution in [2.24, 2.45) is 0 Å². The first-order chi connectivity index (χ1) is 13.5. The summed E-state index contributed by atoms with van der Waals surface area (Å²) in [6.45, 7) is 4.67. The van der Waals surface area contributed by atoms with Crippen molar-refractivity contribution in [1.29, 1.82) is 0 Å². The summed E-state index contributed by atoms with van der Waals surface area (Å²) in [5, 5.41) is 4.68. The maximum absolute atomic E-state index is 12.9. The van der Waals surface area contributed by atoms with Crippen LogP contribution in [-0.2, 0) is 6.42 Å². The molecule has 2 aromatic heterocycles. The van der Waals surface area contributed by atoms with Gasteiger partial charge in [0.25, 0.3) is 5.91 Å². The fourth-order valence-corrected chi connectivity index (χ4v) is 3.69. The number of hydrogen-bond donors (Lipinski definition) is 0. The van der Waals surface area contributed by atoms with Gasteiger partial charge in [-0.05, 0) is 36.5 Å². The zero-order valence-corrected chi connectivity index (χ0v) is 16.6. The number of hydrogen-bond acceptors (Lipinski definition) is 5. The van der Waals surface area contributed by atoms with E-state index in [1.165, 1.54) is 0 Å². The molecule has 1 aliphatic rings. The van der Waals surface area contributed by atoms with Crippen LogP contribution in [0.3, 0.4) is 0 Å². The number of nitrogens with zero attached hydrogens (tertiary/aromatic N) is 3. The molecule has 146 valence electrons. The SMILES string of the molecule is CC(C)c1cc(C(=O)N2CCCC2c2ncc(Cc3cccc(Cl)c3)o2)on1. The second kappa shape index (κ2) is 7.80. The fraction of sp³-hybridized carbons (Fsp3) is 0.381. The van der Waals surface area contributed by atoms with Crippen molar-refractivity contribution in [3.05, 3.63) is 70.2 Å². The van der Waals surface area contributed by atoms with Crippen LogP contribution in [0.15, 0.2) is 45.5 Å². The first-order valence-corrected chi connectivity index (χ1v) is 9.85. The van der Waals surface area contributed by atoms with Crippen molar-refractivity contribution < 1.29 is 13.7 Å². The van der Waals surface area contributed by atoms with Crippen molar-refractivity contribution in [3.8, 4) is 0 Å². The third kappa shape index (κ3) is 3.83. The van der Waals surface area contributed by atoms with E-state index in [2.05, 4.69) is 10.1 Å². The molecule has 1 fully saturated rings. The number of carbonyl (C=O) groups excluding carboxylic acids is 1. The molecule has 28 heavy (non-hydrogen) atoms. The van der Waals surface area contributed by atoms with Crippen molar-refractivity contribution in [3.63, 3.8) is 0 Å². The molecule has 0 spiro atoms. The molecule has 6 nitrogen and oxygen atoms in total. The topological polar surface area (TPSA) is 72.4 Å². The minimum absolute atomic E-state index is 0.170. The van der Waals surface area contributed by atoms with Gasteiger partial charge in [-0.25, -0.2) is 4.98 Å². The molecule has 3 aromatic rings. The second-order valence-electron chi connectivity index (χ2n) is 7.40. The molecule has 0 bridgehead atoms. The number of halogens is 1. The van der Waals surface area contributed by atoms with Gasteiger partial charge in [-0.1, -0.05) is 42.7 Å². The number of carbonyl (C=O) groups is 1. The third-order valence-corrected chi connectivity index (χ3v) is 5.20. The zero-order chi connectivity index (χ0) is 19.7. The molecule has 3 heterocycles. The number of oxazole rings is 1. The molecule has 0 radical (unpaired) electrons. The van der Waals surface area contributed by atoms with Crippen molar-refractivity contribution in [1.82, 2.24) is 15.0 Å². The van der Waals surface area contributed by atoms with E-state index in [-0.39, 0.29) is 23.6 Å². The van der Waals surface area contributed by atoms with Crippen LogP contribution >= 0.6 is 11.6 Å². The molecule has 0 N–H and O–H groups in total. The molecule has 4 rings (SSSR count). The summed E-state index contributed by atoms with van der Waals surface area (Å²) in [7, 11) is 0. The van der Waals surface area contributed by atoms with Crippen LogP contribution in [0.4, 0.5) is 0 Å². The Balaban J connectivity index is 1.50. The van der Waals surface area contributed by atoms with Gasteiger partial charge in [-0.15, -0.1) is 0 Å². The quantitative estimate of drug-likeness (QED) is 0.603. The summed E-state index contributed by atoms with van der Waals surface area (Å²) >= 11 is 6.05. The standard InChI is InChI=1S/C21H22ClN3O3/c1-13(2)17-11-19(28-24-17)21(26)25-8-4-7-18(25)20-23-12-16(27-20)10-14-5-3-6-15(22)9-14/h3,5-6,9,11-13,18H,4,7-8,10H2,1-2H3. The Morgan fingerprint density at radius 3 is 2.96 bits per heavy atom. The fourth-order valence-electron chi connectivity index (χ4n) is 3.48. The van der Waals surface area contributed by atoms with Crippen molar-refractivity contribution >= 4 is 17.5 Å². The van der Waals surface area contributed by atoms with E-state index in [1.807, 2.05) is 38.1 Å². The highest BCUT2D eigenvalue weighted by atomic mass is 35.5. The number of likely N-dealkylation sites (tertiary alicyclic amines) is 1. The van der Waals surface area contributed by atoms with Crippen molar-refractivity contribution in [2.45, 2.75) is 45.1 Å². The molecule has 1 aromatic carbocycles. The molecular weight excluding hydrogens is 378 g/mol.